The number of nitrogens with zero attached hydrogens (tertiary/aromatic N) is 2. The zero-order chi connectivity index (χ0) is 13.8. The quantitative estimate of drug-likeness (QED) is 0.670. The van der Waals surface area contributed by atoms with Crippen LogP contribution in [0.25, 0.3) is 0 Å². The van der Waals surface area contributed by atoms with Gasteiger partial charge in [0.05, 0.1) is 10.6 Å². The van der Waals surface area contributed by atoms with Crippen molar-refractivity contribution in [2.45, 2.75) is 5.92 Å². The molecule has 2 rings (SSSR count). The molecule has 0 spiro atoms. The Morgan fingerprint density at radius 2 is 1.89 bits per heavy atom. The topological polar surface area (TPSA) is 93.3 Å². The first kappa shape index (κ1) is 12.7. The lowest BCUT2D eigenvalue weighted by Crippen LogP contribution is -2.14. The molecule has 1 aromatic carbocycles. The van der Waals surface area contributed by atoms with Crippen LogP contribution in [0.15, 0.2) is 48.7 Å². The van der Waals surface area contributed by atoms with Gasteiger partial charge in [-0.25, -0.2) is 0 Å². The molecule has 19 heavy (non-hydrogen) atoms. The number of carbonyl (C=O) groups is 1. The van der Waals surface area contributed by atoms with Crippen LogP contribution < -0.4 is 0 Å². The molecule has 6 heteroatoms. The Labute approximate surface area is 108 Å². The van der Waals surface area contributed by atoms with Crippen molar-refractivity contribution in [1.82, 2.24) is 4.98 Å². The van der Waals surface area contributed by atoms with E-state index >= 15 is 0 Å². The number of hydrogen-bond donors (Lipinski definition) is 1. The molecule has 1 N–H and O–H groups in total. The fraction of sp³-hybridized carbons (Fsp3) is 0.0769. The predicted octanol–water partition coefficient (Wildman–Crippen LogP) is 2.21. The molecular weight excluding hydrogens is 248 g/mol. The molecular formula is C13H10N2O4. The number of pyridine rings is 1. The third-order valence-electron chi connectivity index (χ3n) is 2.66. The minimum atomic E-state index is -1.05. The molecule has 0 saturated carbocycles. The van der Waals surface area contributed by atoms with Crippen LogP contribution in [0, 0.1) is 10.1 Å². The fourth-order valence-electron chi connectivity index (χ4n) is 1.76. The van der Waals surface area contributed by atoms with Gasteiger partial charge in [0.25, 0.3) is 5.69 Å². The fourth-order valence-corrected chi connectivity index (χ4v) is 1.76. The molecule has 1 atom stereocenters. The number of aromatic nitrogens is 1. The van der Waals surface area contributed by atoms with Gasteiger partial charge in [0.15, 0.2) is 0 Å². The third-order valence-corrected chi connectivity index (χ3v) is 2.66. The van der Waals surface area contributed by atoms with Crippen molar-refractivity contribution in [2.24, 2.45) is 0 Å². The van der Waals surface area contributed by atoms with E-state index < -0.39 is 16.8 Å². The number of carboxylic acids is 1. The number of rotatable bonds is 4. The van der Waals surface area contributed by atoms with Crippen molar-refractivity contribution >= 4 is 11.7 Å². The van der Waals surface area contributed by atoms with Crippen LogP contribution in [0.4, 0.5) is 5.69 Å². The average molecular weight is 258 g/mol. The number of carboxylic acid groups (broad SMARTS) is 1. The SMILES string of the molecule is O=C(O)C(c1ccccc1)c1ccc([N+](=O)[O-])cn1. The van der Waals surface area contributed by atoms with E-state index in [1.807, 2.05) is 0 Å². The molecule has 1 heterocycles. The first-order chi connectivity index (χ1) is 9.09. The summed E-state index contributed by atoms with van der Waals surface area (Å²) < 4.78 is 0. The van der Waals surface area contributed by atoms with Gasteiger partial charge >= 0.3 is 5.97 Å². The van der Waals surface area contributed by atoms with Crippen LogP contribution in [0.2, 0.25) is 0 Å². The predicted molar refractivity (Wildman–Crippen MR) is 66.8 cm³/mol. The van der Waals surface area contributed by atoms with E-state index in [1.54, 1.807) is 30.3 Å². The van der Waals surface area contributed by atoms with E-state index in [-0.39, 0.29) is 11.4 Å². The Kier molecular flexibility index (Phi) is 3.51. The molecule has 0 fully saturated rings. The molecule has 0 amide bonds. The average Bonchev–Trinajstić information content (AvgIpc) is 2.40. The number of benzene rings is 1. The van der Waals surface area contributed by atoms with Crippen LogP contribution in [-0.2, 0) is 4.79 Å². The van der Waals surface area contributed by atoms with Crippen LogP contribution in [0.3, 0.4) is 0 Å². The normalized spacial score (nSPS) is 11.8. The smallest absolute Gasteiger partial charge is 0.317 e. The first-order valence-corrected chi connectivity index (χ1v) is 5.47. The molecule has 6 nitrogen and oxygen atoms in total. The van der Waals surface area contributed by atoms with Crippen LogP contribution >= 0.6 is 0 Å². The van der Waals surface area contributed by atoms with Crippen molar-refractivity contribution in [3.63, 3.8) is 0 Å². The highest BCUT2D eigenvalue weighted by atomic mass is 16.6. The summed E-state index contributed by atoms with van der Waals surface area (Å²) in [4.78, 5) is 25.2. The van der Waals surface area contributed by atoms with Gasteiger partial charge < -0.3 is 5.11 Å². The highest BCUT2D eigenvalue weighted by Gasteiger charge is 2.23. The second-order valence-electron chi connectivity index (χ2n) is 3.88. The number of hydrogen-bond acceptors (Lipinski definition) is 4. The molecule has 1 aromatic heterocycles. The van der Waals surface area contributed by atoms with Crippen molar-refractivity contribution in [3.05, 3.63) is 70.0 Å². The summed E-state index contributed by atoms with van der Waals surface area (Å²) in [6.45, 7) is 0. The lowest BCUT2D eigenvalue weighted by molar-refractivity contribution is -0.385. The Hall–Kier alpha value is -2.76. The van der Waals surface area contributed by atoms with Gasteiger partial charge in [0.2, 0.25) is 0 Å². The Bertz CT molecular complexity index is 596. The number of aliphatic carboxylic acids is 1. The van der Waals surface area contributed by atoms with Crippen LogP contribution in [0.1, 0.15) is 17.2 Å². The third kappa shape index (κ3) is 2.74. The summed E-state index contributed by atoms with van der Waals surface area (Å²) in [5.74, 6) is -1.98. The Morgan fingerprint density at radius 3 is 2.37 bits per heavy atom. The van der Waals surface area contributed by atoms with Gasteiger partial charge in [-0.3, -0.25) is 19.9 Å². The molecule has 96 valence electrons. The van der Waals surface area contributed by atoms with Crippen molar-refractivity contribution in [3.8, 4) is 0 Å². The summed E-state index contributed by atoms with van der Waals surface area (Å²) in [5, 5.41) is 19.8. The Balaban J connectivity index is 2.40. The van der Waals surface area contributed by atoms with Gasteiger partial charge in [-0.15, -0.1) is 0 Å². The van der Waals surface area contributed by atoms with Crippen LogP contribution in [0.5, 0.6) is 0 Å². The van der Waals surface area contributed by atoms with Gasteiger partial charge in [-0.2, -0.15) is 0 Å². The second-order valence-corrected chi connectivity index (χ2v) is 3.88. The van der Waals surface area contributed by atoms with E-state index in [0.717, 1.165) is 6.20 Å². The van der Waals surface area contributed by atoms with E-state index in [0.29, 0.717) is 5.56 Å². The van der Waals surface area contributed by atoms with Gasteiger partial charge in [0, 0.05) is 6.07 Å². The molecule has 0 aliphatic rings. The van der Waals surface area contributed by atoms with Crippen molar-refractivity contribution in [1.29, 1.82) is 0 Å². The maximum Gasteiger partial charge on any atom is 0.317 e. The van der Waals surface area contributed by atoms with Crippen molar-refractivity contribution < 1.29 is 14.8 Å². The minimum Gasteiger partial charge on any atom is -0.480 e. The van der Waals surface area contributed by atoms with Gasteiger partial charge in [-0.1, -0.05) is 30.3 Å². The van der Waals surface area contributed by atoms with Crippen molar-refractivity contribution in [2.75, 3.05) is 0 Å². The monoisotopic (exact) mass is 258 g/mol. The van der Waals surface area contributed by atoms with Gasteiger partial charge in [0.1, 0.15) is 12.1 Å². The summed E-state index contributed by atoms with van der Waals surface area (Å²) in [6, 6.07) is 11.2. The highest BCUT2D eigenvalue weighted by Crippen LogP contribution is 2.24. The lowest BCUT2D eigenvalue weighted by atomic mass is 9.95. The minimum absolute atomic E-state index is 0.166. The molecule has 1 unspecified atom stereocenters. The summed E-state index contributed by atoms with van der Waals surface area (Å²) in [6.07, 6.45) is 1.06. The molecule has 0 bridgehead atoms. The first-order valence-electron chi connectivity index (χ1n) is 5.47. The van der Waals surface area contributed by atoms with Gasteiger partial charge in [-0.05, 0) is 11.6 Å². The summed E-state index contributed by atoms with van der Waals surface area (Å²) >= 11 is 0. The zero-order valence-electron chi connectivity index (χ0n) is 9.76. The lowest BCUT2D eigenvalue weighted by Gasteiger charge is -2.11. The summed E-state index contributed by atoms with van der Waals surface area (Å²) in [7, 11) is 0. The van der Waals surface area contributed by atoms with E-state index in [2.05, 4.69) is 4.98 Å². The maximum atomic E-state index is 11.3. The molecule has 0 aliphatic carbocycles. The zero-order valence-corrected chi connectivity index (χ0v) is 9.76. The molecule has 0 radical (unpaired) electrons. The Morgan fingerprint density at radius 1 is 1.21 bits per heavy atom. The maximum absolute atomic E-state index is 11.3. The van der Waals surface area contributed by atoms with E-state index in [4.69, 9.17) is 0 Å². The summed E-state index contributed by atoms with van der Waals surface area (Å²) in [5.41, 5.74) is 0.682. The van der Waals surface area contributed by atoms with E-state index in [1.165, 1.54) is 12.1 Å². The number of nitro groups is 1. The molecule has 0 saturated heterocycles. The van der Waals surface area contributed by atoms with Crippen LogP contribution in [-0.4, -0.2) is 21.0 Å². The standard InChI is InChI=1S/C13H10N2O4/c16-13(17)12(9-4-2-1-3-5-9)11-7-6-10(8-14-11)15(18)19/h1-8,12H,(H,16,17). The molecule has 2 aromatic rings. The largest absolute Gasteiger partial charge is 0.480 e. The van der Waals surface area contributed by atoms with E-state index in [9.17, 15) is 20.0 Å². The second kappa shape index (κ2) is 5.26. The highest BCUT2D eigenvalue weighted by molar-refractivity contribution is 5.79. The molecule has 0 aliphatic heterocycles.